The quantitative estimate of drug-likeness (QED) is 0.762. The van der Waals surface area contributed by atoms with Crippen molar-refractivity contribution in [3.05, 3.63) is 34.3 Å². The summed E-state index contributed by atoms with van der Waals surface area (Å²) in [6.07, 6.45) is 4.79. The maximum Gasteiger partial charge on any atom is 0.246 e. The van der Waals surface area contributed by atoms with E-state index in [1.807, 2.05) is 36.1 Å². The number of nitrogens with zero attached hydrogens (tertiary/aromatic N) is 2. The van der Waals surface area contributed by atoms with Gasteiger partial charge >= 0.3 is 0 Å². The molecule has 2 fully saturated rings. The van der Waals surface area contributed by atoms with E-state index in [2.05, 4.69) is 20.8 Å². The van der Waals surface area contributed by atoms with Gasteiger partial charge in [0.15, 0.2) is 0 Å². The largest absolute Gasteiger partial charge is 0.341 e. The number of likely N-dealkylation sites (tertiary alicyclic amines) is 2. The normalized spacial score (nSPS) is 21.2. The Hall–Kier alpha value is -0.330. The number of rotatable bonds is 3. The lowest BCUT2D eigenvalue weighted by Crippen LogP contribution is -2.54. The lowest BCUT2D eigenvalue weighted by atomic mass is 9.90. The number of benzene rings is 1. The SMILES string of the molecule is CC(N)(C(=O)N1CCC(N2CCCC2)CC1)c1ccc(Br)cc1.Cl.Cl. The Labute approximate surface area is 171 Å². The average Bonchev–Trinajstić information content (AvgIpc) is 3.09. The fourth-order valence-electron chi connectivity index (χ4n) is 3.79. The molecule has 2 saturated heterocycles. The van der Waals surface area contributed by atoms with Gasteiger partial charge in [0.05, 0.1) is 0 Å². The molecule has 2 aliphatic rings. The van der Waals surface area contributed by atoms with E-state index >= 15 is 0 Å². The van der Waals surface area contributed by atoms with Crippen molar-refractivity contribution in [3.8, 4) is 0 Å². The molecule has 4 nitrogen and oxygen atoms in total. The van der Waals surface area contributed by atoms with E-state index in [1.165, 1.54) is 25.9 Å². The Morgan fingerprint density at radius 3 is 2.12 bits per heavy atom. The van der Waals surface area contributed by atoms with Gasteiger partial charge in [0.2, 0.25) is 5.91 Å². The Bertz CT molecular complexity index is 554. The summed E-state index contributed by atoms with van der Waals surface area (Å²) in [5, 5.41) is 0. The van der Waals surface area contributed by atoms with Crippen LogP contribution < -0.4 is 5.73 Å². The second kappa shape index (κ2) is 9.56. The van der Waals surface area contributed by atoms with Crippen LogP contribution in [0.3, 0.4) is 0 Å². The van der Waals surface area contributed by atoms with Gasteiger partial charge in [-0.15, -0.1) is 24.8 Å². The van der Waals surface area contributed by atoms with E-state index in [1.54, 1.807) is 0 Å². The van der Waals surface area contributed by atoms with Crippen LogP contribution >= 0.6 is 40.7 Å². The van der Waals surface area contributed by atoms with Gasteiger partial charge in [-0.2, -0.15) is 0 Å². The summed E-state index contributed by atoms with van der Waals surface area (Å²) in [5.41, 5.74) is 6.31. The summed E-state index contributed by atoms with van der Waals surface area (Å²) in [6.45, 7) is 5.93. The second-order valence-corrected chi connectivity index (χ2v) is 7.89. The van der Waals surface area contributed by atoms with Crippen LogP contribution in [-0.2, 0) is 10.3 Å². The number of hydrogen-bond acceptors (Lipinski definition) is 3. The molecule has 0 bridgehead atoms. The molecule has 0 spiro atoms. The molecule has 2 heterocycles. The minimum atomic E-state index is -0.957. The number of amides is 1. The van der Waals surface area contributed by atoms with Crippen molar-refractivity contribution in [3.63, 3.8) is 0 Å². The molecule has 0 saturated carbocycles. The molecule has 0 aliphatic carbocycles. The predicted octanol–water partition coefficient (Wildman–Crippen LogP) is 3.55. The predicted molar refractivity (Wildman–Crippen MR) is 111 cm³/mol. The Morgan fingerprint density at radius 1 is 1.08 bits per heavy atom. The van der Waals surface area contributed by atoms with Gasteiger partial charge in [-0.1, -0.05) is 28.1 Å². The van der Waals surface area contributed by atoms with Crippen LogP contribution in [0.1, 0.15) is 38.2 Å². The van der Waals surface area contributed by atoms with E-state index in [0.717, 1.165) is 36.0 Å². The Morgan fingerprint density at radius 2 is 1.60 bits per heavy atom. The van der Waals surface area contributed by atoms with Crippen LogP contribution in [-0.4, -0.2) is 47.9 Å². The molecule has 0 aromatic heterocycles. The Kier molecular flexibility index (Phi) is 8.69. The number of hydrogen-bond donors (Lipinski definition) is 1. The number of nitrogens with two attached hydrogens (primary N) is 1. The van der Waals surface area contributed by atoms with Gasteiger partial charge in [0, 0.05) is 23.6 Å². The van der Waals surface area contributed by atoms with Crippen molar-refractivity contribution in [2.75, 3.05) is 26.2 Å². The highest BCUT2D eigenvalue weighted by Gasteiger charge is 2.37. The van der Waals surface area contributed by atoms with E-state index in [4.69, 9.17) is 5.73 Å². The molecule has 7 heteroatoms. The van der Waals surface area contributed by atoms with Crippen LogP contribution in [0.15, 0.2) is 28.7 Å². The van der Waals surface area contributed by atoms with Gasteiger partial charge in [-0.05, 0) is 63.4 Å². The molecule has 1 unspecified atom stereocenters. The number of halogens is 3. The lowest BCUT2D eigenvalue weighted by Gasteiger charge is -2.39. The maximum atomic E-state index is 12.9. The molecule has 0 radical (unpaired) electrons. The van der Waals surface area contributed by atoms with Gasteiger partial charge in [0.25, 0.3) is 0 Å². The highest BCUT2D eigenvalue weighted by atomic mass is 79.9. The van der Waals surface area contributed by atoms with Gasteiger partial charge in [0.1, 0.15) is 5.54 Å². The fourth-order valence-corrected chi connectivity index (χ4v) is 4.05. The topological polar surface area (TPSA) is 49.6 Å². The zero-order chi connectivity index (χ0) is 16.4. The third kappa shape index (κ3) is 5.10. The number of carbonyl (C=O) groups excluding carboxylic acids is 1. The smallest absolute Gasteiger partial charge is 0.246 e. The Balaban J connectivity index is 0.00000156. The fraction of sp³-hybridized carbons (Fsp3) is 0.611. The third-order valence-corrected chi connectivity index (χ3v) is 5.83. The van der Waals surface area contributed by atoms with E-state index in [-0.39, 0.29) is 30.7 Å². The zero-order valence-electron chi connectivity index (χ0n) is 14.6. The molecule has 3 rings (SSSR count). The van der Waals surface area contributed by atoms with Crippen LogP contribution in [0.4, 0.5) is 0 Å². The average molecular weight is 453 g/mol. The van der Waals surface area contributed by atoms with E-state index < -0.39 is 5.54 Å². The molecule has 2 aliphatic heterocycles. The van der Waals surface area contributed by atoms with Crippen molar-refractivity contribution in [2.24, 2.45) is 5.73 Å². The molecule has 142 valence electrons. The van der Waals surface area contributed by atoms with Crippen LogP contribution in [0.5, 0.6) is 0 Å². The lowest BCUT2D eigenvalue weighted by molar-refractivity contribution is -0.138. The molecule has 2 N–H and O–H groups in total. The van der Waals surface area contributed by atoms with Crippen molar-refractivity contribution in [1.82, 2.24) is 9.80 Å². The van der Waals surface area contributed by atoms with Crippen molar-refractivity contribution in [1.29, 1.82) is 0 Å². The van der Waals surface area contributed by atoms with Crippen LogP contribution in [0.2, 0.25) is 0 Å². The van der Waals surface area contributed by atoms with E-state index in [0.29, 0.717) is 6.04 Å². The molecular formula is C18H28BrCl2N3O. The summed E-state index contributed by atoms with van der Waals surface area (Å²) < 4.78 is 0.996. The minimum absolute atomic E-state index is 0. The van der Waals surface area contributed by atoms with Crippen molar-refractivity contribution >= 4 is 46.7 Å². The summed E-state index contributed by atoms with van der Waals surface area (Å²) in [7, 11) is 0. The highest BCUT2D eigenvalue weighted by molar-refractivity contribution is 9.10. The van der Waals surface area contributed by atoms with Crippen molar-refractivity contribution < 1.29 is 4.79 Å². The first-order valence-corrected chi connectivity index (χ1v) is 9.36. The number of piperidine rings is 1. The first kappa shape index (κ1) is 22.7. The summed E-state index contributed by atoms with van der Waals surface area (Å²) in [6, 6.07) is 8.39. The van der Waals surface area contributed by atoms with Gasteiger partial charge in [-0.3, -0.25) is 4.79 Å². The summed E-state index contributed by atoms with van der Waals surface area (Å²) >= 11 is 3.42. The molecular weight excluding hydrogens is 425 g/mol. The standard InChI is InChI=1S/C18H26BrN3O.2ClH/c1-18(20,14-4-6-15(19)7-5-14)17(23)22-12-8-16(9-13-22)21-10-2-3-11-21;;/h4-7,16H,2-3,8-13,20H2,1H3;2*1H. The monoisotopic (exact) mass is 451 g/mol. The zero-order valence-corrected chi connectivity index (χ0v) is 17.8. The van der Waals surface area contributed by atoms with Crippen molar-refractivity contribution in [2.45, 2.75) is 44.2 Å². The van der Waals surface area contributed by atoms with E-state index in [9.17, 15) is 4.79 Å². The summed E-state index contributed by atoms with van der Waals surface area (Å²) in [4.78, 5) is 17.5. The molecule has 1 amide bonds. The molecule has 1 aromatic carbocycles. The first-order chi connectivity index (χ1) is 11.0. The second-order valence-electron chi connectivity index (χ2n) is 6.98. The number of carbonyl (C=O) groups is 1. The van der Waals surface area contributed by atoms with Gasteiger partial charge < -0.3 is 15.5 Å². The molecule has 1 aromatic rings. The third-order valence-electron chi connectivity index (χ3n) is 5.30. The minimum Gasteiger partial charge on any atom is -0.341 e. The first-order valence-electron chi connectivity index (χ1n) is 8.57. The highest BCUT2D eigenvalue weighted by Crippen LogP contribution is 2.26. The molecule has 25 heavy (non-hydrogen) atoms. The maximum absolute atomic E-state index is 12.9. The van der Waals surface area contributed by atoms with Crippen LogP contribution in [0.25, 0.3) is 0 Å². The molecule has 1 atom stereocenters. The summed E-state index contributed by atoms with van der Waals surface area (Å²) in [5.74, 6) is 0.0414. The van der Waals surface area contributed by atoms with Gasteiger partial charge in [-0.25, -0.2) is 0 Å². The van der Waals surface area contributed by atoms with Crippen LogP contribution in [0, 0.1) is 0 Å².